The van der Waals surface area contributed by atoms with Crippen LogP contribution in [0.5, 0.6) is 0 Å². The minimum Gasteiger partial charge on any atom is -0.396 e. The topological polar surface area (TPSA) is 81.1 Å². The van der Waals surface area contributed by atoms with E-state index in [4.69, 9.17) is 11.5 Å². The molecule has 0 atom stereocenters. The number of amides is 1. The second-order valence-electron chi connectivity index (χ2n) is 5.08. The van der Waals surface area contributed by atoms with Gasteiger partial charge in [0, 0.05) is 11.3 Å². The molecule has 1 aromatic carbocycles. The van der Waals surface area contributed by atoms with Crippen LogP contribution in [0.4, 0.5) is 11.4 Å². The minimum absolute atomic E-state index is 0.301. The molecule has 1 fully saturated rings. The molecular formula is C14H21N3OS. The summed E-state index contributed by atoms with van der Waals surface area (Å²) in [5.74, 6) is -0.485. The van der Waals surface area contributed by atoms with Gasteiger partial charge in [-0.1, -0.05) is 18.9 Å². The third-order valence-electron chi connectivity index (χ3n) is 3.92. The van der Waals surface area contributed by atoms with Crippen molar-refractivity contribution in [3.63, 3.8) is 0 Å². The van der Waals surface area contributed by atoms with E-state index >= 15 is 0 Å². The Morgan fingerprint density at radius 2 is 2.11 bits per heavy atom. The average Bonchev–Trinajstić information content (AvgIpc) is 2.87. The number of hydrogen-bond acceptors (Lipinski definition) is 4. The molecule has 1 aliphatic rings. The molecule has 1 aliphatic carbocycles. The van der Waals surface area contributed by atoms with E-state index in [1.54, 1.807) is 12.1 Å². The number of carbonyl (C=O) groups is 1. The van der Waals surface area contributed by atoms with Gasteiger partial charge in [-0.3, -0.25) is 4.79 Å². The molecule has 0 radical (unpaired) electrons. The van der Waals surface area contributed by atoms with E-state index < -0.39 is 5.91 Å². The van der Waals surface area contributed by atoms with Gasteiger partial charge >= 0.3 is 0 Å². The van der Waals surface area contributed by atoms with Gasteiger partial charge in [-0.15, -0.1) is 0 Å². The Balaban J connectivity index is 2.11. The fraction of sp³-hybridized carbons (Fsp3) is 0.500. The van der Waals surface area contributed by atoms with Crippen LogP contribution in [-0.2, 0) is 0 Å². The monoisotopic (exact) mass is 279 g/mol. The van der Waals surface area contributed by atoms with Gasteiger partial charge in [-0.2, -0.15) is 11.8 Å². The Bertz CT molecular complexity index is 470. The first-order valence-electron chi connectivity index (χ1n) is 6.55. The summed E-state index contributed by atoms with van der Waals surface area (Å²) in [6.45, 7) is 0.876. The quantitative estimate of drug-likeness (QED) is 0.723. The molecule has 0 spiro atoms. The summed E-state index contributed by atoms with van der Waals surface area (Å²) in [4.78, 5) is 11.3. The summed E-state index contributed by atoms with van der Waals surface area (Å²) in [6, 6.07) is 5.35. The van der Waals surface area contributed by atoms with Gasteiger partial charge in [0.15, 0.2) is 0 Å². The number of para-hydroxylation sites is 1. The Kier molecular flexibility index (Phi) is 4.24. The first-order chi connectivity index (χ1) is 9.08. The molecule has 2 rings (SSSR count). The smallest absolute Gasteiger partial charge is 0.250 e. The van der Waals surface area contributed by atoms with E-state index in [-0.39, 0.29) is 0 Å². The van der Waals surface area contributed by atoms with Crippen molar-refractivity contribution in [1.82, 2.24) is 0 Å². The highest BCUT2D eigenvalue weighted by Crippen LogP contribution is 2.40. The van der Waals surface area contributed by atoms with Crippen molar-refractivity contribution >= 4 is 29.0 Å². The third kappa shape index (κ3) is 2.97. The van der Waals surface area contributed by atoms with Gasteiger partial charge in [-0.25, -0.2) is 0 Å². The van der Waals surface area contributed by atoms with Crippen LogP contribution in [-0.4, -0.2) is 23.5 Å². The highest BCUT2D eigenvalue weighted by molar-refractivity contribution is 8.00. The number of benzene rings is 1. The maximum absolute atomic E-state index is 11.3. The first-order valence-corrected chi connectivity index (χ1v) is 7.78. The highest BCUT2D eigenvalue weighted by Gasteiger charge is 2.32. The molecule has 1 amide bonds. The summed E-state index contributed by atoms with van der Waals surface area (Å²) in [7, 11) is 0. The van der Waals surface area contributed by atoms with Crippen molar-refractivity contribution in [2.45, 2.75) is 30.4 Å². The van der Waals surface area contributed by atoms with E-state index in [1.807, 2.05) is 17.8 Å². The highest BCUT2D eigenvalue weighted by atomic mass is 32.2. The molecule has 0 bridgehead atoms. The van der Waals surface area contributed by atoms with Crippen molar-refractivity contribution in [3.8, 4) is 0 Å². The minimum atomic E-state index is -0.485. The van der Waals surface area contributed by atoms with Crippen LogP contribution in [0.1, 0.15) is 36.0 Å². The van der Waals surface area contributed by atoms with Crippen LogP contribution in [0, 0.1) is 0 Å². The number of nitrogen functional groups attached to an aromatic ring is 1. The van der Waals surface area contributed by atoms with Crippen LogP contribution >= 0.6 is 11.8 Å². The Morgan fingerprint density at radius 1 is 1.42 bits per heavy atom. The van der Waals surface area contributed by atoms with Crippen LogP contribution < -0.4 is 16.8 Å². The molecule has 0 aliphatic heterocycles. The SMILES string of the molecule is CSC1(CNc2cccc(C(N)=O)c2N)CCCC1. The van der Waals surface area contributed by atoms with Crippen LogP contribution in [0.3, 0.4) is 0 Å². The zero-order valence-electron chi connectivity index (χ0n) is 11.2. The predicted molar refractivity (Wildman–Crippen MR) is 82.6 cm³/mol. The van der Waals surface area contributed by atoms with Crippen molar-refractivity contribution in [1.29, 1.82) is 0 Å². The molecule has 5 heteroatoms. The van der Waals surface area contributed by atoms with Gasteiger partial charge in [0.1, 0.15) is 0 Å². The number of thioether (sulfide) groups is 1. The fourth-order valence-electron chi connectivity index (χ4n) is 2.66. The lowest BCUT2D eigenvalue weighted by atomic mass is 10.1. The molecule has 5 N–H and O–H groups in total. The number of nitrogens with one attached hydrogen (secondary N) is 1. The zero-order valence-corrected chi connectivity index (χ0v) is 12.1. The second-order valence-corrected chi connectivity index (χ2v) is 6.35. The van der Waals surface area contributed by atoms with Crippen molar-refractivity contribution in [2.24, 2.45) is 5.73 Å². The van der Waals surface area contributed by atoms with Gasteiger partial charge in [0.2, 0.25) is 0 Å². The van der Waals surface area contributed by atoms with Gasteiger partial charge in [0.25, 0.3) is 5.91 Å². The maximum Gasteiger partial charge on any atom is 0.250 e. The molecule has 0 heterocycles. The van der Waals surface area contributed by atoms with Gasteiger partial charge < -0.3 is 16.8 Å². The van der Waals surface area contributed by atoms with Crippen LogP contribution in [0.2, 0.25) is 0 Å². The van der Waals surface area contributed by atoms with E-state index in [1.165, 1.54) is 25.7 Å². The van der Waals surface area contributed by atoms with E-state index in [2.05, 4.69) is 11.6 Å². The normalized spacial score (nSPS) is 17.3. The summed E-state index contributed by atoms with van der Waals surface area (Å²) in [5.41, 5.74) is 12.9. The Labute approximate surface area is 118 Å². The lowest BCUT2D eigenvalue weighted by molar-refractivity contribution is 0.100. The zero-order chi connectivity index (χ0) is 13.9. The molecule has 0 unspecified atom stereocenters. The maximum atomic E-state index is 11.3. The number of nitrogens with two attached hydrogens (primary N) is 2. The second kappa shape index (κ2) is 5.74. The molecule has 104 valence electrons. The molecule has 4 nitrogen and oxygen atoms in total. The van der Waals surface area contributed by atoms with Crippen LogP contribution in [0.25, 0.3) is 0 Å². The molecule has 0 aromatic heterocycles. The standard InChI is InChI=1S/C14H21N3OS/c1-19-14(7-2-3-8-14)9-17-11-6-4-5-10(12(11)15)13(16)18/h4-6,17H,2-3,7-9,15H2,1H3,(H2,16,18). The number of hydrogen-bond donors (Lipinski definition) is 3. The summed E-state index contributed by atoms with van der Waals surface area (Å²) >= 11 is 1.92. The van der Waals surface area contributed by atoms with Crippen LogP contribution in [0.15, 0.2) is 18.2 Å². The Hall–Kier alpha value is -1.36. The summed E-state index contributed by atoms with van der Waals surface area (Å²) in [6.07, 6.45) is 7.21. The Morgan fingerprint density at radius 3 is 2.68 bits per heavy atom. The number of carbonyl (C=O) groups excluding carboxylic acids is 1. The van der Waals surface area contributed by atoms with Gasteiger partial charge in [0.05, 0.1) is 16.9 Å². The average molecular weight is 279 g/mol. The molecule has 1 aromatic rings. The number of primary amides is 1. The van der Waals surface area contributed by atoms with E-state index in [0.717, 1.165) is 12.2 Å². The number of rotatable bonds is 5. The van der Waals surface area contributed by atoms with E-state index in [0.29, 0.717) is 16.0 Å². The van der Waals surface area contributed by atoms with Crippen molar-refractivity contribution in [3.05, 3.63) is 23.8 Å². The fourth-order valence-corrected chi connectivity index (χ4v) is 3.58. The third-order valence-corrected chi connectivity index (χ3v) is 5.34. The lowest BCUT2D eigenvalue weighted by Gasteiger charge is -2.28. The summed E-state index contributed by atoms with van der Waals surface area (Å²) in [5, 5.41) is 3.39. The van der Waals surface area contributed by atoms with E-state index in [9.17, 15) is 4.79 Å². The molecule has 1 saturated carbocycles. The molecule has 0 saturated heterocycles. The number of anilines is 2. The van der Waals surface area contributed by atoms with Crippen molar-refractivity contribution in [2.75, 3.05) is 23.9 Å². The largest absolute Gasteiger partial charge is 0.396 e. The predicted octanol–water partition coefficient (Wildman–Crippen LogP) is 2.46. The van der Waals surface area contributed by atoms with Crippen molar-refractivity contribution < 1.29 is 4.79 Å². The first kappa shape index (κ1) is 14.1. The molecule has 19 heavy (non-hydrogen) atoms. The summed E-state index contributed by atoms with van der Waals surface area (Å²) < 4.78 is 0.301. The molecular weight excluding hydrogens is 258 g/mol. The lowest BCUT2D eigenvalue weighted by Crippen LogP contribution is -2.30. The van der Waals surface area contributed by atoms with Gasteiger partial charge in [-0.05, 0) is 31.2 Å².